The fourth-order valence-electron chi connectivity index (χ4n) is 1.83. The van der Waals surface area contributed by atoms with Crippen LogP contribution < -0.4 is 5.32 Å². The highest BCUT2D eigenvalue weighted by molar-refractivity contribution is 6.30. The lowest BCUT2D eigenvalue weighted by atomic mass is 10.1. The van der Waals surface area contributed by atoms with Crippen molar-refractivity contribution in [2.24, 2.45) is 0 Å². The van der Waals surface area contributed by atoms with Gasteiger partial charge >= 0.3 is 0 Å². The Balaban J connectivity index is 1.94. The van der Waals surface area contributed by atoms with E-state index in [2.05, 4.69) is 5.32 Å². The highest BCUT2D eigenvalue weighted by Crippen LogP contribution is 2.12. The summed E-state index contributed by atoms with van der Waals surface area (Å²) in [5.74, 6) is -0.115. The van der Waals surface area contributed by atoms with Crippen molar-refractivity contribution in [3.05, 3.63) is 76.8 Å². The Kier molecular flexibility index (Phi) is 4.97. The predicted molar refractivity (Wildman–Crippen MR) is 83.5 cm³/mol. The molecule has 2 aromatic rings. The standard InChI is InChI=1S/C17H16ClNO/c1-13(15-5-3-2-4-6-15)19-17(20)12-9-14-7-10-16(18)11-8-14/h2-13H,1H3,(H,19,20)/b12-9+. The van der Waals surface area contributed by atoms with Gasteiger partial charge in [-0.1, -0.05) is 54.1 Å². The number of nitrogens with one attached hydrogen (secondary N) is 1. The van der Waals surface area contributed by atoms with Crippen LogP contribution in [0.25, 0.3) is 6.08 Å². The number of rotatable bonds is 4. The topological polar surface area (TPSA) is 29.1 Å². The van der Waals surface area contributed by atoms with Crippen LogP contribution in [0.5, 0.6) is 0 Å². The zero-order valence-corrected chi connectivity index (χ0v) is 12.0. The molecular weight excluding hydrogens is 270 g/mol. The first-order chi connectivity index (χ1) is 9.65. The quantitative estimate of drug-likeness (QED) is 0.837. The van der Waals surface area contributed by atoms with E-state index in [1.54, 1.807) is 18.2 Å². The minimum atomic E-state index is -0.115. The smallest absolute Gasteiger partial charge is 0.244 e. The van der Waals surface area contributed by atoms with E-state index in [9.17, 15) is 4.79 Å². The third kappa shape index (κ3) is 4.25. The third-order valence-corrected chi connectivity index (χ3v) is 3.21. The molecule has 0 bridgehead atoms. The molecule has 0 aliphatic rings. The van der Waals surface area contributed by atoms with Gasteiger partial charge in [0.05, 0.1) is 6.04 Å². The van der Waals surface area contributed by atoms with Gasteiger partial charge in [0.1, 0.15) is 0 Å². The molecule has 2 rings (SSSR count). The summed E-state index contributed by atoms with van der Waals surface area (Å²) in [5.41, 5.74) is 2.03. The number of hydrogen-bond acceptors (Lipinski definition) is 1. The second-order valence-electron chi connectivity index (χ2n) is 4.53. The molecule has 0 saturated carbocycles. The molecule has 1 unspecified atom stereocenters. The van der Waals surface area contributed by atoms with E-state index in [0.717, 1.165) is 11.1 Å². The molecule has 1 atom stereocenters. The molecule has 0 radical (unpaired) electrons. The van der Waals surface area contributed by atoms with Gasteiger partial charge in [-0.3, -0.25) is 4.79 Å². The third-order valence-electron chi connectivity index (χ3n) is 2.96. The molecule has 1 N–H and O–H groups in total. The van der Waals surface area contributed by atoms with E-state index < -0.39 is 0 Å². The number of carbonyl (C=O) groups is 1. The summed E-state index contributed by atoms with van der Waals surface area (Å²) in [5, 5.41) is 3.61. The second kappa shape index (κ2) is 6.92. The van der Waals surface area contributed by atoms with Gasteiger partial charge in [-0.25, -0.2) is 0 Å². The van der Waals surface area contributed by atoms with Crippen LogP contribution in [-0.2, 0) is 4.79 Å². The molecule has 0 spiro atoms. The molecule has 2 nitrogen and oxygen atoms in total. The fourth-order valence-corrected chi connectivity index (χ4v) is 1.96. The summed E-state index contributed by atoms with van der Waals surface area (Å²) in [6.45, 7) is 1.96. The predicted octanol–water partition coefficient (Wildman–Crippen LogP) is 4.23. The minimum absolute atomic E-state index is 0.0152. The average molecular weight is 286 g/mol. The van der Waals surface area contributed by atoms with E-state index in [0.29, 0.717) is 5.02 Å². The van der Waals surface area contributed by atoms with Crippen molar-refractivity contribution in [2.75, 3.05) is 0 Å². The van der Waals surface area contributed by atoms with Crippen LogP contribution in [-0.4, -0.2) is 5.91 Å². The van der Waals surface area contributed by atoms with Crippen molar-refractivity contribution in [3.63, 3.8) is 0 Å². The van der Waals surface area contributed by atoms with Gasteiger partial charge in [0, 0.05) is 11.1 Å². The van der Waals surface area contributed by atoms with E-state index in [-0.39, 0.29) is 11.9 Å². The van der Waals surface area contributed by atoms with Crippen molar-refractivity contribution in [1.82, 2.24) is 5.32 Å². The van der Waals surface area contributed by atoms with Crippen molar-refractivity contribution in [2.45, 2.75) is 13.0 Å². The highest BCUT2D eigenvalue weighted by Gasteiger charge is 2.06. The molecular formula is C17H16ClNO. The van der Waals surface area contributed by atoms with Gasteiger partial charge in [0.15, 0.2) is 0 Å². The van der Waals surface area contributed by atoms with Crippen molar-refractivity contribution < 1.29 is 4.79 Å². The number of amides is 1. The van der Waals surface area contributed by atoms with E-state index in [1.165, 1.54) is 6.08 Å². The Bertz CT molecular complexity index is 590. The summed E-state index contributed by atoms with van der Waals surface area (Å²) in [7, 11) is 0. The summed E-state index contributed by atoms with van der Waals surface area (Å²) < 4.78 is 0. The first-order valence-corrected chi connectivity index (χ1v) is 6.82. The van der Waals surface area contributed by atoms with Gasteiger partial charge in [-0.15, -0.1) is 0 Å². The van der Waals surface area contributed by atoms with Crippen LogP contribution in [0.1, 0.15) is 24.1 Å². The minimum Gasteiger partial charge on any atom is -0.346 e. The Morgan fingerprint density at radius 3 is 2.40 bits per heavy atom. The van der Waals surface area contributed by atoms with E-state index >= 15 is 0 Å². The van der Waals surface area contributed by atoms with Gasteiger partial charge in [0.25, 0.3) is 0 Å². The molecule has 0 aliphatic carbocycles. The average Bonchev–Trinajstić information content (AvgIpc) is 2.47. The van der Waals surface area contributed by atoms with Gasteiger partial charge in [-0.2, -0.15) is 0 Å². The highest BCUT2D eigenvalue weighted by atomic mass is 35.5. The molecule has 3 heteroatoms. The lowest BCUT2D eigenvalue weighted by Crippen LogP contribution is -2.24. The molecule has 0 heterocycles. The molecule has 0 aliphatic heterocycles. The van der Waals surface area contributed by atoms with Crippen molar-refractivity contribution in [3.8, 4) is 0 Å². The largest absolute Gasteiger partial charge is 0.346 e. The molecule has 2 aromatic carbocycles. The van der Waals surface area contributed by atoms with Gasteiger partial charge in [-0.05, 0) is 36.3 Å². The Hall–Kier alpha value is -2.06. The zero-order chi connectivity index (χ0) is 14.4. The first kappa shape index (κ1) is 14.4. The van der Waals surface area contributed by atoms with Crippen LogP contribution in [0, 0.1) is 0 Å². The second-order valence-corrected chi connectivity index (χ2v) is 4.96. The molecule has 0 aromatic heterocycles. The number of benzene rings is 2. The molecule has 102 valence electrons. The normalized spacial score (nSPS) is 12.3. The summed E-state index contributed by atoms with van der Waals surface area (Å²) in [6.07, 6.45) is 3.30. The van der Waals surface area contributed by atoms with Crippen molar-refractivity contribution >= 4 is 23.6 Å². The SMILES string of the molecule is CC(NC(=O)/C=C/c1ccc(Cl)cc1)c1ccccc1. The number of halogens is 1. The Labute approximate surface area is 124 Å². The monoisotopic (exact) mass is 285 g/mol. The van der Waals surface area contributed by atoms with E-state index in [1.807, 2.05) is 49.4 Å². The lowest BCUT2D eigenvalue weighted by molar-refractivity contribution is -0.117. The zero-order valence-electron chi connectivity index (χ0n) is 11.2. The maximum absolute atomic E-state index is 11.8. The van der Waals surface area contributed by atoms with Crippen LogP contribution >= 0.6 is 11.6 Å². The van der Waals surface area contributed by atoms with Crippen LogP contribution in [0.2, 0.25) is 5.02 Å². The lowest BCUT2D eigenvalue weighted by Gasteiger charge is -2.12. The van der Waals surface area contributed by atoms with Gasteiger partial charge in [0.2, 0.25) is 5.91 Å². The maximum Gasteiger partial charge on any atom is 0.244 e. The summed E-state index contributed by atoms with van der Waals surface area (Å²) in [4.78, 5) is 11.8. The Morgan fingerprint density at radius 1 is 1.10 bits per heavy atom. The fraction of sp³-hybridized carbons (Fsp3) is 0.118. The van der Waals surface area contributed by atoms with Crippen LogP contribution in [0.15, 0.2) is 60.7 Å². The summed E-state index contributed by atoms with van der Waals surface area (Å²) >= 11 is 5.81. The molecule has 1 amide bonds. The first-order valence-electron chi connectivity index (χ1n) is 6.44. The van der Waals surface area contributed by atoms with Crippen molar-refractivity contribution in [1.29, 1.82) is 0 Å². The van der Waals surface area contributed by atoms with Gasteiger partial charge < -0.3 is 5.32 Å². The Morgan fingerprint density at radius 2 is 1.75 bits per heavy atom. The maximum atomic E-state index is 11.8. The van der Waals surface area contributed by atoms with Crippen LogP contribution in [0.4, 0.5) is 0 Å². The molecule has 0 fully saturated rings. The summed E-state index contributed by atoms with van der Waals surface area (Å²) in [6, 6.07) is 17.2. The molecule has 20 heavy (non-hydrogen) atoms. The number of hydrogen-bond donors (Lipinski definition) is 1. The van der Waals surface area contributed by atoms with E-state index in [4.69, 9.17) is 11.6 Å². The molecule has 0 saturated heterocycles. The van der Waals surface area contributed by atoms with Crippen LogP contribution in [0.3, 0.4) is 0 Å². The number of carbonyl (C=O) groups excluding carboxylic acids is 1.